The Kier molecular flexibility index (Phi) is 4.80. The van der Waals surface area contributed by atoms with E-state index in [1.54, 1.807) is 25.1 Å². The van der Waals surface area contributed by atoms with E-state index in [0.29, 0.717) is 23.7 Å². The third-order valence-electron chi connectivity index (χ3n) is 1.83. The van der Waals surface area contributed by atoms with Gasteiger partial charge in [0.15, 0.2) is 18.1 Å². The van der Waals surface area contributed by atoms with E-state index < -0.39 is 12.6 Å². The molecule has 92 valence electrons. The molecular weight excluding hydrogens is 226 g/mol. The van der Waals surface area contributed by atoms with Crippen molar-refractivity contribution < 1.29 is 24.6 Å². The van der Waals surface area contributed by atoms with Gasteiger partial charge in [-0.25, -0.2) is 4.79 Å². The fourth-order valence-electron chi connectivity index (χ4n) is 1.20. The maximum absolute atomic E-state index is 10.4. The van der Waals surface area contributed by atoms with Crippen molar-refractivity contribution in [2.45, 2.75) is 6.92 Å². The van der Waals surface area contributed by atoms with Crippen LogP contribution >= 0.6 is 0 Å². The number of rotatable bonds is 6. The minimum absolute atomic E-state index is 0.337. The van der Waals surface area contributed by atoms with E-state index in [9.17, 15) is 4.79 Å². The zero-order chi connectivity index (χ0) is 12.7. The summed E-state index contributed by atoms with van der Waals surface area (Å²) in [6, 6.07) is 4.78. The summed E-state index contributed by atoms with van der Waals surface area (Å²) in [6.45, 7) is 1.78. The summed E-state index contributed by atoms with van der Waals surface area (Å²) in [5, 5.41) is 19.8. The Morgan fingerprint density at radius 2 is 2.18 bits per heavy atom. The second-order valence-electron chi connectivity index (χ2n) is 3.07. The average Bonchev–Trinajstić information content (AvgIpc) is 2.28. The highest BCUT2D eigenvalue weighted by Gasteiger charge is 2.07. The molecule has 1 aromatic rings. The van der Waals surface area contributed by atoms with Crippen molar-refractivity contribution in [3.8, 4) is 11.5 Å². The minimum Gasteiger partial charge on any atom is -0.490 e. The quantitative estimate of drug-likeness (QED) is 0.444. The van der Waals surface area contributed by atoms with Gasteiger partial charge in [-0.15, -0.1) is 0 Å². The largest absolute Gasteiger partial charge is 0.490 e. The van der Waals surface area contributed by atoms with Gasteiger partial charge in [0.2, 0.25) is 0 Å². The molecule has 0 aliphatic heterocycles. The van der Waals surface area contributed by atoms with Gasteiger partial charge < -0.3 is 19.8 Å². The van der Waals surface area contributed by atoms with Crippen molar-refractivity contribution in [1.82, 2.24) is 0 Å². The predicted octanol–water partition coefficient (Wildman–Crippen LogP) is 1.36. The van der Waals surface area contributed by atoms with Crippen molar-refractivity contribution in [2.24, 2.45) is 5.16 Å². The van der Waals surface area contributed by atoms with Crippen LogP contribution in [0.25, 0.3) is 0 Å². The van der Waals surface area contributed by atoms with Crippen LogP contribution in [0.5, 0.6) is 11.5 Å². The van der Waals surface area contributed by atoms with Crippen molar-refractivity contribution in [3.63, 3.8) is 0 Å². The Morgan fingerprint density at radius 1 is 1.41 bits per heavy atom. The van der Waals surface area contributed by atoms with Gasteiger partial charge in [-0.3, -0.25) is 0 Å². The number of carboxylic acid groups (broad SMARTS) is 1. The molecule has 0 radical (unpaired) electrons. The standard InChI is InChI=1S/C11H13NO5/c1-2-16-10-5-8(6-12-15)3-4-9(10)17-7-11(13)14/h3-6,15H,2,7H2,1H3,(H,13,14)/b12-6+. The monoisotopic (exact) mass is 239 g/mol. The topological polar surface area (TPSA) is 88.4 Å². The molecule has 0 heterocycles. The molecular formula is C11H13NO5. The van der Waals surface area contributed by atoms with Crippen LogP contribution in [0.1, 0.15) is 12.5 Å². The molecule has 0 aliphatic carbocycles. The van der Waals surface area contributed by atoms with Gasteiger partial charge >= 0.3 is 5.97 Å². The third kappa shape index (κ3) is 4.02. The number of ether oxygens (including phenoxy) is 2. The minimum atomic E-state index is -1.06. The molecule has 0 aromatic heterocycles. The highest BCUT2D eigenvalue weighted by Crippen LogP contribution is 2.27. The summed E-state index contributed by atoms with van der Waals surface area (Å²) < 4.78 is 10.3. The molecule has 17 heavy (non-hydrogen) atoms. The second-order valence-corrected chi connectivity index (χ2v) is 3.07. The van der Waals surface area contributed by atoms with Crippen LogP contribution in [0, 0.1) is 0 Å². The average molecular weight is 239 g/mol. The summed E-state index contributed by atoms with van der Waals surface area (Å²) in [6.07, 6.45) is 1.24. The van der Waals surface area contributed by atoms with Gasteiger partial charge in [0.05, 0.1) is 12.8 Å². The molecule has 0 atom stereocenters. The Labute approximate surface area is 98.1 Å². The molecule has 6 nitrogen and oxygen atoms in total. The number of hydrogen-bond donors (Lipinski definition) is 2. The van der Waals surface area contributed by atoms with E-state index in [2.05, 4.69) is 5.16 Å². The van der Waals surface area contributed by atoms with Gasteiger partial charge in [-0.2, -0.15) is 0 Å². The number of carboxylic acids is 1. The van der Waals surface area contributed by atoms with Crippen LogP contribution in [0.4, 0.5) is 0 Å². The first-order valence-corrected chi connectivity index (χ1v) is 4.96. The molecule has 0 spiro atoms. The van der Waals surface area contributed by atoms with E-state index >= 15 is 0 Å². The van der Waals surface area contributed by atoms with Gasteiger partial charge in [-0.1, -0.05) is 5.16 Å². The molecule has 0 saturated heterocycles. The highest BCUT2D eigenvalue weighted by molar-refractivity contribution is 5.80. The van der Waals surface area contributed by atoms with Crippen LogP contribution in [0.15, 0.2) is 23.4 Å². The zero-order valence-corrected chi connectivity index (χ0v) is 9.29. The SMILES string of the molecule is CCOc1cc(/C=N/O)ccc1OCC(=O)O. The molecule has 0 fully saturated rings. The molecule has 0 bridgehead atoms. The fourth-order valence-corrected chi connectivity index (χ4v) is 1.20. The number of oxime groups is 1. The molecule has 0 saturated carbocycles. The van der Waals surface area contributed by atoms with Crippen molar-refractivity contribution in [1.29, 1.82) is 0 Å². The lowest BCUT2D eigenvalue weighted by Crippen LogP contribution is -2.10. The molecule has 6 heteroatoms. The van der Waals surface area contributed by atoms with Gasteiger partial charge in [0.1, 0.15) is 0 Å². The van der Waals surface area contributed by atoms with E-state index in [0.717, 1.165) is 0 Å². The lowest BCUT2D eigenvalue weighted by molar-refractivity contribution is -0.139. The summed E-state index contributed by atoms with van der Waals surface area (Å²) in [5.74, 6) is -0.316. The van der Waals surface area contributed by atoms with Crippen LogP contribution in [-0.2, 0) is 4.79 Å². The van der Waals surface area contributed by atoms with E-state index in [-0.39, 0.29) is 0 Å². The highest BCUT2D eigenvalue weighted by atomic mass is 16.5. The van der Waals surface area contributed by atoms with E-state index in [1.807, 2.05) is 0 Å². The van der Waals surface area contributed by atoms with E-state index in [4.69, 9.17) is 19.8 Å². The molecule has 1 rings (SSSR count). The van der Waals surface area contributed by atoms with Crippen molar-refractivity contribution in [3.05, 3.63) is 23.8 Å². The summed E-state index contributed by atoms with van der Waals surface area (Å²) >= 11 is 0. The lowest BCUT2D eigenvalue weighted by Gasteiger charge is -2.10. The van der Waals surface area contributed by atoms with Crippen molar-refractivity contribution >= 4 is 12.2 Å². The summed E-state index contributed by atoms with van der Waals surface area (Å²) in [4.78, 5) is 10.4. The molecule has 0 aliphatic rings. The smallest absolute Gasteiger partial charge is 0.341 e. The van der Waals surface area contributed by atoms with Crippen molar-refractivity contribution in [2.75, 3.05) is 13.2 Å². The third-order valence-corrected chi connectivity index (χ3v) is 1.83. The summed E-state index contributed by atoms with van der Waals surface area (Å²) in [7, 11) is 0. The van der Waals surface area contributed by atoms with Crippen LogP contribution < -0.4 is 9.47 Å². The molecule has 0 unspecified atom stereocenters. The van der Waals surface area contributed by atoms with E-state index in [1.165, 1.54) is 6.21 Å². The lowest BCUT2D eigenvalue weighted by atomic mass is 10.2. The van der Waals surface area contributed by atoms with Gasteiger partial charge in [0.25, 0.3) is 0 Å². The number of aliphatic carboxylic acids is 1. The Morgan fingerprint density at radius 3 is 2.76 bits per heavy atom. The maximum atomic E-state index is 10.4. The fraction of sp³-hybridized carbons (Fsp3) is 0.273. The Bertz CT molecular complexity index is 416. The van der Waals surface area contributed by atoms with Gasteiger partial charge in [0, 0.05) is 5.56 Å². The van der Waals surface area contributed by atoms with Crippen LogP contribution in [0.3, 0.4) is 0 Å². The predicted molar refractivity (Wildman–Crippen MR) is 60.1 cm³/mol. The molecule has 2 N–H and O–H groups in total. The molecule has 0 amide bonds. The normalized spacial score (nSPS) is 10.4. The van der Waals surface area contributed by atoms with Gasteiger partial charge in [-0.05, 0) is 25.1 Å². The maximum Gasteiger partial charge on any atom is 0.341 e. The first-order valence-electron chi connectivity index (χ1n) is 4.96. The van der Waals surface area contributed by atoms with Crippen LogP contribution in [-0.4, -0.2) is 35.7 Å². The Balaban J connectivity index is 2.90. The first-order chi connectivity index (χ1) is 8.17. The number of hydrogen-bond acceptors (Lipinski definition) is 5. The number of benzene rings is 1. The second kappa shape index (κ2) is 6.37. The Hall–Kier alpha value is -2.24. The number of carbonyl (C=O) groups is 1. The van der Waals surface area contributed by atoms with Crippen LogP contribution in [0.2, 0.25) is 0 Å². The first kappa shape index (κ1) is 12.8. The number of nitrogens with zero attached hydrogens (tertiary/aromatic N) is 1. The summed E-state index contributed by atoms with van der Waals surface area (Å²) in [5.41, 5.74) is 0.624. The zero-order valence-electron chi connectivity index (χ0n) is 9.29. The molecule has 1 aromatic carbocycles.